The van der Waals surface area contributed by atoms with E-state index in [4.69, 9.17) is 23.2 Å². The summed E-state index contributed by atoms with van der Waals surface area (Å²) in [7, 11) is 0. The van der Waals surface area contributed by atoms with Crippen LogP contribution in [0.3, 0.4) is 0 Å². The molecule has 0 saturated heterocycles. The molecule has 0 aliphatic heterocycles. The first-order chi connectivity index (χ1) is 8.41. The molecule has 0 bridgehead atoms. The van der Waals surface area contributed by atoms with Crippen molar-refractivity contribution in [1.82, 2.24) is 4.98 Å². The Labute approximate surface area is 116 Å². The van der Waals surface area contributed by atoms with Gasteiger partial charge in [0.1, 0.15) is 0 Å². The second-order valence-electron chi connectivity index (χ2n) is 4.91. The number of aromatic nitrogens is 1. The molecule has 0 amide bonds. The molecule has 0 radical (unpaired) electrons. The lowest BCUT2D eigenvalue weighted by molar-refractivity contribution is 0.0901. The predicted octanol–water partition coefficient (Wildman–Crippen LogP) is 4.95. The first-order valence-corrected chi connectivity index (χ1v) is 6.67. The van der Waals surface area contributed by atoms with E-state index >= 15 is 0 Å². The zero-order chi connectivity index (χ0) is 13.4. The molecule has 1 heterocycles. The van der Waals surface area contributed by atoms with E-state index in [1.807, 2.05) is 20.8 Å². The lowest BCUT2D eigenvalue weighted by Gasteiger charge is -2.13. The highest BCUT2D eigenvalue weighted by molar-refractivity contribution is 6.39. The summed E-state index contributed by atoms with van der Waals surface area (Å²) >= 11 is 12.1. The predicted molar refractivity (Wildman–Crippen MR) is 76.7 cm³/mol. The van der Waals surface area contributed by atoms with Gasteiger partial charge in [0.15, 0.2) is 5.78 Å². The number of aromatic amines is 1. The normalized spacial score (nSPS) is 13.2. The van der Waals surface area contributed by atoms with Crippen LogP contribution < -0.4 is 0 Å². The number of halogens is 2. The van der Waals surface area contributed by atoms with Gasteiger partial charge in [-0.1, -0.05) is 44.0 Å². The summed E-state index contributed by atoms with van der Waals surface area (Å²) in [5, 5.41) is 1.84. The van der Waals surface area contributed by atoms with Gasteiger partial charge in [-0.3, -0.25) is 4.79 Å². The van der Waals surface area contributed by atoms with Crippen LogP contribution in [0.15, 0.2) is 18.3 Å². The van der Waals surface area contributed by atoms with Gasteiger partial charge in [0.05, 0.1) is 5.02 Å². The number of carbonyl (C=O) groups excluding carboxylic acids is 1. The number of hydrogen-bond donors (Lipinski definition) is 1. The minimum Gasteiger partial charge on any atom is -0.360 e. The van der Waals surface area contributed by atoms with Crippen LogP contribution in [0.4, 0.5) is 0 Å². The molecule has 2 nitrogen and oxygen atoms in total. The number of benzene rings is 1. The van der Waals surface area contributed by atoms with Gasteiger partial charge in [-0.05, 0) is 18.1 Å². The summed E-state index contributed by atoms with van der Waals surface area (Å²) < 4.78 is 0. The van der Waals surface area contributed by atoms with Crippen LogP contribution in [0, 0.1) is 11.8 Å². The van der Waals surface area contributed by atoms with Gasteiger partial charge in [0.2, 0.25) is 0 Å². The van der Waals surface area contributed by atoms with Crippen molar-refractivity contribution in [3.05, 3.63) is 33.9 Å². The molecule has 0 aliphatic rings. The molecule has 1 atom stereocenters. The molecular formula is C14H15Cl2NO. The van der Waals surface area contributed by atoms with Gasteiger partial charge in [0, 0.05) is 33.6 Å². The number of rotatable bonds is 3. The van der Waals surface area contributed by atoms with Gasteiger partial charge in [-0.25, -0.2) is 0 Å². The van der Waals surface area contributed by atoms with E-state index in [0.717, 1.165) is 10.9 Å². The molecule has 0 saturated carbocycles. The van der Waals surface area contributed by atoms with Crippen molar-refractivity contribution in [3.63, 3.8) is 0 Å². The Balaban J connectivity index is 2.56. The van der Waals surface area contributed by atoms with Crippen molar-refractivity contribution in [2.24, 2.45) is 11.8 Å². The zero-order valence-electron chi connectivity index (χ0n) is 10.6. The van der Waals surface area contributed by atoms with Crippen molar-refractivity contribution in [1.29, 1.82) is 0 Å². The molecule has 4 heteroatoms. The minimum absolute atomic E-state index is 0.0317. The zero-order valence-corrected chi connectivity index (χ0v) is 12.1. The fourth-order valence-electron chi connectivity index (χ4n) is 1.93. The van der Waals surface area contributed by atoms with Crippen LogP contribution in [0.25, 0.3) is 10.9 Å². The summed E-state index contributed by atoms with van der Waals surface area (Å²) in [6.07, 6.45) is 1.72. The molecule has 1 aromatic heterocycles. The quantitative estimate of drug-likeness (QED) is 0.795. The van der Waals surface area contributed by atoms with Crippen molar-refractivity contribution in [2.75, 3.05) is 0 Å². The maximum atomic E-state index is 12.4. The molecule has 0 fully saturated rings. The summed E-state index contributed by atoms with van der Waals surface area (Å²) in [5.41, 5.74) is 1.44. The third-order valence-corrected chi connectivity index (χ3v) is 3.89. The Morgan fingerprint density at radius 1 is 1.22 bits per heavy atom. The lowest BCUT2D eigenvalue weighted by atomic mass is 9.89. The Morgan fingerprint density at radius 3 is 2.50 bits per heavy atom. The topological polar surface area (TPSA) is 32.9 Å². The minimum atomic E-state index is -0.0317. The fourth-order valence-corrected chi connectivity index (χ4v) is 2.52. The number of H-pyrrole nitrogens is 1. The maximum Gasteiger partial charge on any atom is 0.168 e. The molecular weight excluding hydrogens is 269 g/mol. The van der Waals surface area contributed by atoms with E-state index in [9.17, 15) is 4.79 Å². The van der Waals surface area contributed by atoms with E-state index < -0.39 is 0 Å². The van der Waals surface area contributed by atoms with Gasteiger partial charge in [-0.15, -0.1) is 0 Å². The van der Waals surface area contributed by atoms with Crippen molar-refractivity contribution >= 4 is 39.9 Å². The van der Waals surface area contributed by atoms with E-state index in [-0.39, 0.29) is 11.7 Å². The largest absolute Gasteiger partial charge is 0.360 e. The highest BCUT2D eigenvalue weighted by Gasteiger charge is 2.22. The second-order valence-corrected chi connectivity index (χ2v) is 5.75. The van der Waals surface area contributed by atoms with Crippen LogP contribution in [-0.4, -0.2) is 10.8 Å². The van der Waals surface area contributed by atoms with E-state index in [1.54, 1.807) is 18.3 Å². The molecule has 1 N–H and O–H groups in total. The van der Waals surface area contributed by atoms with Gasteiger partial charge in [-0.2, -0.15) is 0 Å². The summed E-state index contributed by atoms with van der Waals surface area (Å²) in [4.78, 5) is 15.4. The van der Waals surface area contributed by atoms with Crippen molar-refractivity contribution < 1.29 is 4.79 Å². The Morgan fingerprint density at radius 2 is 1.89 bits per heavy atom. The number of nitrogens with one attached hydrogen (secondary N) is 1. The van der Waals surface area contributed by atoms with E-state index in [1.165, 1.54) is 0 Å². The highest BCUT2D eigenvalue weighted by atomic mass is 35.5. The standard InChI is InChI=1S/C14H15Cl2NO/c1-7(2)8(3)14(18)10-6-17-12-5-9(15)4-11(16)13(10)12/h4-8,17H,1-3H3. The van der Waals surface area contributed by atoms with Crippen molar-refractivity contribution in [2.45, 2.75) is 20.8 Å². The number of Topliss-reactive ketones (excluding diaryl/α,β-unsaturated/α-hetero) is 1. The van der Waals surface area contributed by atoms with Crippen LogP contribution in [0.5, 0.6) is 0 Å². The third kappa shape index (κ3) is 2.27. The molecule has 2 rings (SSSR count). The molecule has 0 aliphatic carbocycles. The van der Waals surface area contributed by atoms with Crippen LogP contribution in [-0.2, 0) is 0 Å². The third-order valence-electron chi connectivity index (χ3n) is 3.38. The summed E-state index contributed by atoms with van der Waals surface area (Å²) in [6.45, 7) is 6.02. The van der Waals surface area contributed by atoms with Gasteiger partial charge >= 0.3 is 0 Å². The van der Waals surface area contributed by atoms with Crippen molar-refractivity contribution in [3.8, 4) is 0 Å². The van der Waals surface area contributed by atoms with Crippen LogP contribution in [0.1, 0.15) is 31.1 Å². The van der Waals surface area contributed by atoms with Gasteiger partial charge < -0.3 is 4.98 Å². The molecule has 1 aromatic carbocycles. The Kier molecular flexibility index (Phi) is 3.69. The maximum absolute atomic E-state index is 12.4. The lowest BCUT2D eigenvalue weighted by Crippen LogP contribution is -2.16. The first kappa shape index (κ1) is 13.4. The molecule has 2 aromatic rings. The smallest absolute Gasteiger partial charge is 0.168 e. The average molecular weight is 284 g/mol. The van der Waals surface area contributed by atoms with Crippen LogP contribution in [0.2, 0.25) is 10.0 Å². The number of hydrogen-bond acceptors (Lipinski definition) is 1. The number of carbonyl (C=O) groups is 1. The van der Waals surface area contributed by atoms with Crippen LogP contribution >= 0.6 is 23.2 Å². The van der Waals surface area contributed by atoms with Gasteiger partial charge in [0.25, 0.3) is 0 Å². The fraction of sp³-hybridized carbons (Fsp3) is 0.357. The molecule has 1 unspecified atom stereocenters. The number of ketones is 1. The van der Waals surface area contributed by atoms with E-state index in [2.05, 4.69) is 4.98 Å². The first-order valence-electron chi connectivity index (χ1n) is 5.92. The molecule has 0 spiro atoms. The van der Waals surface area contributed by atoms with E-state index in [0.29, 0.717) is 21.5 Å². The molecule has 18 heavy (non-hydrogen) atoms. The highest BCUT2D eigenvalue weighted by Crippen LogP contribution is 2.32. The monoisotopic (exact) mass is 283 g/mol. The Hall–Kier alpha value is -0.990. The number of fused-ring (bicyclic) bond motifs is 1. The second kappa shape index (κ2) is 4.94. The Bertz CT molecular complexity index is 601. The average Bonchev–Trinajstić information content (AvgIpc) is 2.70. The summed E-state index contributed by atoms with van der Waals surface area (Å²) in [6, 6.07) is 3.44. The summed E-state index contributed by atoms with van der Waals surface area (Å²) in [5.74, 6) is 0.379. The molecule has 96 valence electrons. The SMILES string of the molecule is CC(C)C(C)C(=O)c1c[nH]c2cc(Cl)cc(Cl)c12.